The molecule has 0 unspecified atom stereocenters. The molecule has 0 saturated heterocycles. The molecule has 1 saturated carbocycles. The van der Waals surface area contributed by atoms with Crippen molar-refractivity contribution >= 4 is 0 Å². The molecule has 0 spiro atoms. The lowest BCUT2D eigenvalue weighted by atomic mass is 9.98. The smallest absolute Gasteiger partial charge is 0.0594 e. The van der Waals surface area contributed by atoms with Crippen molar-refractivity contribution in [3.63, 3.8) is 0 Å². The highest BCUT2D eigenvalue weighted by molar-refractivity contribution is 4.65. The fourth-order valence-corrected chi connectivity index (χ4v) is 2.29. The molecule has 0 aliphatic heterocycles. The lowest BCUT2D eigenvalue weighted by Crippen LogP contribution is -2.25. The van der Waals surface area contributed by atoms with Gasteiger partial charge in [-0.1, -0.05) is 33.1 Å². The van der Waals surface area contributed by atoms with Gasteiger partial charge in [0.15, 0.2) is 0 Å². The molecule has 2 heteroatoms. The first-order valence-electron chi connectivity index (χ1n) is 7.11. The van der Waals surface area contributed by atoms with Crippen molar-refractivity contribution in [2.75, 3.05) is 19.7 Å². The molecule has 1 fully saturated rings. The third-order valence-electron chi connectivity index (χ3n) is 3.32. The van der Waals surface area contributed by atoms with E-state index < -0.39 is 0 Å². The predicted octanol–water partition coefficient (Wildman–Crippen LogP) is 3.36. The van der Waals surface area contributed by atoms with E-state index in [2.05, 4.69) is 19.2 Å². The predicted molar refractivity (Wildman–Crippen MR) is 69.8 cm³/mol. The van der Waals surface area contributed by atoms with Crippen LogP contribution >= 0.6 is 0 Å². The molecule has 0 aromatic heterocycles. The first-order valence-corrected chi connectivity index (χ1v) is 7.11. The van der Waals surface area contributed by atoms with Crippen LogP contribution in [-0.4, -0.2) is 25.8 Å². The van der Waals surface area contributed by atoms with Crippen molar-refractivity contribution in [1.29, 1.82) is 0 Å². The van der Waals surface area contributed by atoms with E-state index in [-0.39, 0.29) is 0 Å². The van der Waals surface area contributed by atoms with Crippen molar-refractivity contribution in [2.24, 2.45) is 5.92 Å². The quantitative estimate of drug-likeness (QED) is 0.642. The average molecular weight is 227 g/mol. The highest BCUT2D eigenvalue weighted by Crippen LogP contribution is 2.19. The first kappa shape index (κ1) is 14.0. The second-order valence-electron chi connectivity index (χ2n) is 5.42. The molecule has 0 aromatic rings. The van der Waals surface area contributed by atoms with Gasteiger partial charge in [-0.3, -0.25) is 0 Å². The van der Waals surface area contributed by atoms with Gasteiger partial charge in [-0.25, -0.2) is 0 Å². The van der Waals surface area contributed by atoms with Gasteiger partial charge in [0.05, 0.1) is 12.7 Å². The molecular weight excluding hydrogens is 198 g/mol. The van der Waals surface area contributed by atoms with Crippen molar-refractivity contribution in [3.8, 4) is 0 Å². The van der Waals surface area contributed by atoms with E-state index in [0.29, 0.717) is 6.10 Å². The molecule has 0 amide bonds. The molecule has 1 N–H and O–H groups in total. The fourth-order valence-electron chi connectivity index (χ4n) is 2.29. The summed E-state index contributed by atoms with van der Waals surface area (Å²) in [7, 11) is 0. The highest BCUT2D eigenvalue weighted by Gasteiger charge is 2.12. The van der Waals surface area contributed by atoms with Gasteiger partial charge in [0.25, 0.3) is 0 Å². The van der Waals surface area contributed by atoms with Crippen molar-refractivity contribution in [2.45, 2.75) is 64.9 Å². The topological polar surface area (TPSA) is 21.3 Å². The van der Waals surface area contributed by atoms with Gasteiger partial charge in [-0.2, -0.15) is 0 Å². The van der Waals surface area contributed by atoms with Gasteiger partial charge in [0.2, 0.25) is 0 Å². The van der Waals surface area contributed by atoms with E-state index >= 15 is 0 Å². The van der Waals surface area contributed by atoms with Crippen LogP contribution in [0.15, 0.2) is 0 Å². The van der Waals surface area contributed by atoms with Crippen LogP contribution in [0.25, 0.3) is 0 Å². The van der Waals surface area contributed by atoms with Gasteiger partial charge in [0.1, 0.15) is 0 Å². The lowest BCUT2D eigenvalue weighted by molar-refractivity contribution is 0.0303. The average Bonchev–Trinajstić information content (AvgIpc) is 2.29. The second kappa shape index (κ2) is 9.00. The molecule has 0 heterocycles. The summed E-state index contributed by atoms with van der Waals surface area (Å²) in [6.07, 6.45) is 9.90. The molecule has 1 rings (SSSR count). The molecule has 96 valence electrons. The van der Waals surface area contributed by atoms with Crippen molar-refractivity contribution in [3.05, 3.63) is 0 Å². The Morgan fingerprint density at radius 1 is 1.12 bits per heavy atom. The Balaban J connectivity index is 1.80. The van der Waals surface area contributed by atoms with E-state index in [4.69, 9.17) is 4.74 Å². The van der Waals surface area contributed by atoms with Crippen LogP contribution in [0.4, 0.5) is 0 Å². The van der Waals surface area contributed by atoms with Crippen LogP contribution in [0.2, 0.25) is 0 Å². The number of hydrogen-bond acceptors (Lipinski definition) is 2. The number of hydrogen-bond donors (Lipinski definition) is 1. The Morgan fingerprint density at radius 3 is 2.56 bits per heavy atom. The largest absolute Gasteiger partial charge is 0.377 e. The fraction of sp³-hybridized carbons (Fsp3) is 1.00. The van der Waals surface area contributed by atoms with E-state index in [1.807, 2.05) is 0 Å². The lowest BCUT2D eigenvalue weighted by Gasteiger charge is -2.22. The molecule has 0 atom stereocenters. The van der Waals surface area contributed by atoms with E-state index in [0.717, 1.165) is 25.6 Å². The molecule has 16 heavy (non-hydrogen) atoms. The normalized spacial score (nSPS) is 18.2. The second-order valence-corrected chi connectivity index (χ2v) is 5.42. The number of nitrogens with one attached hydrogen (secondary N) is 1. The Hall–Kier alpha value is -0.0800. The molecule has 1 aliphatic rings. The van der Waals surface area contributed by atoms with Crippen molar-refractivity contribution < 1.29 is 4.74 Å². The maximum atomic E-state index is 5.85. The Bertz CT molecular complexity index is 153. The maximum absolute atomic E-state index is 5.85. The van der Waals surface area contributed by atoms with Gasteiger partial charge in [0, 0.05) is 6.54 Å². The zero-order valence-corrected chi connectivity index (χ0v) is 11.1. The van der Waals surface area contributed by atoms with Crippen LogP contribution in [0.5, 0.6) is 0 Å². The minimum atomic E-state index is 0.561. The summed E-state index contributed by atoms with van der Waals surface area (Å²) in [6.45, 7) is 7.63. The monoisotopic (exact) mass is 227 g/mol. The summed E-state index contributed by atoms with van der Waals surface area (Å²) in [5.41, 5.74) is 0. The highest BCUT2D eigenvalue weighted by atomic mass is 16.5. The summed E-state index contributed by atoms with van der Waals surface area (Å²) < 4.78 is 5.85. The van der Waals surface area contributed by atoms with E-state index in [9.17, 15) is 0 Å². The van der Waals surface area contributed by atoms with Crippen LogP contribution in [0.3, 0.4) is 0 Å². The first-order chi connectivity index (χ1) is 7.79. The zero-order valence-electron chi connectivity index (χ0n) is 11.1. The van der Waals surface area contributed by atoms with Crippen molar-refractivity contribution in [1.82, 2.24) is 5.32 Å². The SMILES string of the molecule is CC(C)CCCNCCOC1CCCCC1. The molecule has 0 radical (unpaired) electrons. The molecular formula is C14H29NO. The van der Waals surface area contributed by atoms with E-state index in [1.165, 1.54) is 44.9 Å². The van der Waals surface area contributed by atoms with Gasteiger partial charge >= 0.3 is 0 Å². The van der Waals surface area contributed by atoms with Gasteiger partial charge in [-0.05, 0) is 38.1 Å². The summed E-state index contributed by atoms with van der Waals surface area (Å²) in [5, 5.41) is 3.46. The van der Waals surface area contributed by atoms with E-state index in [1.54, 1.807) is 0 Å². The molecule has 0 aromatic carbocycles. The number of rotatable bonds is 8. The third-order valence-corrected chi connectivity index (χ3v) is 3.32. The summed E-state index contributed by atoms with van der Waals surface area (Å²) >= 11 is 0. The van der Waals surface area contributed by atoms with Crippen LogP contribution < -0.4 is 5.32 Å². The zero-order chi connectivity index (χ0) is 11.6. The Kier molecular flexibility index (Phi) is 7.87. The number of ether oxygens (including phenoxy) is 1. The molecule has 0 bridgehead atoms. The molecule has 1 aliphatic carbocycles. The van der Waals surface area contributed by atoms with Gasteiger partial charge < -0.3 is 10.1 Å². The minimum absolute atomic E-state index is 0.561. The van der Waals surface area contributed by atoms with Crippen LogP contribution in [0, 0.1) is 5.92 Å². The Morgan fingerprint density at radius 2 is 1.88 bits per heavy atom. The standard InChI is InChI=1S/C14H29NO/c1-13(2)7-6-10-15-11-12-16-14-8-4-3-5-9-14/h13-15H,3-12H2,1-2H3. The summed E-state index contributed by atoms with van der Waals surface area (Å²) in [6, 6.07) is 0. The van der Waals surface area contributed by atoms with Crippen LogP contribution in [-0.2, 0) is 4.74 Å². The van der Waals surface area contributed by atoms with Crippen LogP contribution in [0.1, 0.15) is 58.8 Å². The third kappa shape index (κ3) is 7.24. The Labute approximate surface area is 101 Å². The molecule has 2 nitrogen and oxygen atoms in total. The van der Waals surface area contributed by atoms with Gasteiger partial charge in [-0.15, -0.1) is 0 Å². The minimum Gasteiger partial charge on any atom is -0.377 e. The summed E-state index contributed by atoms with van der Waals surface area (Å²) in [5.74, 6) is 0.834. The maximum Gasteiger partial charge on any atom is 0.0594 e. The summed E-state index contributed by atoms with van der Waals surface area (Å²) in [4.78, 5) is 0.